The van der Waals surface area contributed by atoms with E-state index in [1.54, 1.807) is 4.90 Å². The highest BCUT2D eigenvalue weighted by Crippen LogP contribution is 2.36. The summed E-state index contributed by atoms with van der Waals surface area (Å²) < 4.78 is 8.10. The molecule has 3 amide bonds. The lowest BCUT2D eigenvalue weighted by atomic mass is 10.0. The van der Waals surface area contributed by atoms with E-state index in [2.05, 4.69) is 41.6 Å². The zero-order valence-corrected chi connectivity index (χ0v) is 30.4. The van der Waals surface area contributed by atoms with Crippen LogP contribution in [0, 0.1) is 11.8 Å². The van der Waals surface area contributed by atoms with E-state index in [1.807, 2.05) is 78.9 Å². The first-order chi connectivity index (χ1) is 26.5. The Kier molecular flexibility index (Phi) is 10.5. The summed E-state index contributed by atoms with van der Waals surface area (Å²) in [7, 11) is 0. The lowest BCUT2D eigenvalue weighted by Crippen LogP contribution is -2.49. The number of rotatable bonds is 10. The average molecular weight is 724 g/mol. The second-order valence-corrected chi connectivity index (χ2v) is 14.3. The molecule has 3 fully saturated rings. The van der Waals surface area contributed by atoms with Gasteiger partial charge in [0.15, 0.2) is 5.65 Å². The van der Waals surface area contributed by atoms with Crippen LogP contribution in [0.15, 0.2) is 85.2 Å². The van der Waals surface area contributed by atoms with Crippen molar-refractivity contribution < 1.29 is 14.3 Å². The topological polar surface area (TPSA) is 135 Å². The number of likely N-dealkylation sites (tertiary alicyclic amines) is 2. The number of nitrogen functional groups attached to an aromatic ring is 1. The van der Waals surface area contributed by atoms with Gasteiger partial charge in [-0.3, -0.25) is 19.9 Å². The number of carbonyl (C=O) groups excluding carboxylic acids is 2. The third-order valence-corrected chi connectivity index (χ3v) is 10.7. The van der Waals surface area contributed by atoms with Crippen LogP contribution >= 0.6 is 0 Å². The van der Waals surface area contributed by atoms with Gasteiger partial charge in [-0.15, -0.1) is 0 Å². The Morgan fingerprint density at radius 2 is 1.59 bits per heavy atom. The number of imide groups is 1. The lowest BCUT2D eigenvalue weighted by molar-refractivity contribution is -0.120. The van der Waals surface area contributed by atoms with Crippen LogP contribution < -0.4 is 20.7 Å². The Hall–Kier alpha value is -5.77. The number of piperidine rings is 1. The minimum absolute atomic E-state index is 0.230. The Morgan fingerprint density at radius 3 is 2.37 bits per heavy atom. The monoisotopic (exact) mass is 723 g/mol. The maximum atomic E-state index is 12.1. The third-order valence-electron chi connectivity index (χ3n) is 10.7. The predicted molar refractivity (Wildman–Crippen MR) is 209 cm³/mol. The van der Waals surface area contributed by atoms with E-state index >= 15 is 0 Å². The number of urea groups is 1. The van der Waals surface area contributed by atoms with Gasteiger partial charge in [0.25, 0.3) is 0 Å². The van der Waals surface area contributed by atoms with Crippen LogP contribution in [-0.4, -0.2) is 86.8 Å². The number of nitrogens with zero attached hydrogens (tertiary/aromatic N) is 7. The van der Waals surface area contributed by atoms with Gasteiger partial charge in [-0.25, -0.2) is 19.4 Å². The van der Waals surface area contributed by atoms with Crippen LogP contribution in [0.5, 0.6) is 11.5 Å². The smallest absolute Gasteiger partial charge is 0.328 e. The standard InChI is InChI=1S/C42H45N9O3/c43-40-38-39(31-13-17-36(18-14-31)54-35-9-5-3-6-10-35)47-51(41(38)45-29-44-40)33-20-25-49(26-21-33)34-19-24-48(28-34)23-7-2-1-4-8-30-11-15-32(16-12-30)50-27-22-37(52)46-42(50)53/h3,5-6,9-18,29,33-34H,1-2,7,19-28H2,(H2,43,44,45)(H,46,52,53). The van der Waals surface area contributed by atoms with Crippen molar-refractivity contribution in [3.63, 3.8) is 0 Å². The van der Waals surface area contributed by atoms with Gasteiger partial charge in [0.05, 0.1) is 11.4 Å². The fourth-order valence-electron chi connectivity index (χ4n) is 7.82. The number of para-hydroxylation sites is 1. The van der Waals surface area contributed by atoms with E-state index in [-0.39, 0.29) is 18.0 Å². The third kappa shape index (κ3) is 7.93. The van der Waals surface area contributed by atoms with Crippen LogP contribution in [0.4, 0.5) is 16.3 Å². The molecule has 0 bridgehead atoms. The van der Waals surface area contributed by atoms with E-state index in [0.29, 0.717) is 24.8 Å². The zero-order valence-electron chi connectivity index (χ0n) is 30.4. The fraction of sp³-hybridized carbons (Fsp3) is 0.357. The number of fused-ring (bicyclic) bond motifs is 1. The second-order valence-electron chi connectivity index (χ2n) is 14.3. The van der Waals surface area contributed by atoms with E-state index in [4.69, 9.17) is 15.6 Å². The number of nitrogens with one attached hydrogen (secondary N) is 1. The molecule has 0 saturated carbocycles. The first-order valence-corrected chi connectivity index (χ1v) is 19.0. The molecule has 0 radical (unpaired) electrons. The van der Waals surface area contributed by atoms with Crippen molar-refractivity contribution in [2.75, 3.05) is 49.9 Å². The SMILES string of the molecule is Nc1ncnc2c1c(-c1ccc(Oc3ccccc3)cc1)nn2C1CCN(C2CCN(CCCCC#Cc3ccc(N4CCC(=O)NC4=O)cc3)C2)CC1. The van der Waals surface area contributed by atoms with Gasteiger partial charge in [-0.2, -0.15) is 5.10 Å². The number of unbranched alkanes of at least 4 members (excludes halogenated alkanes) is 2. The average Bonchev–Trinajstić information content (AvgIpc) is 3.84. The Bertz CT molecular complexity index is 2150. The number of ether oxygens (including phenoxy) is 1. The summed E-state index contributed by atoms with van der Waals surface area (Å²) in [6.07, 6.45) is 8.14. The molecule has 5 heterocycles. The molecule has 12 heteroatoms. The van der Waals surface area contributed by atoms with Crippen LogP contribution in [0.3, 0.4) is 0 Å². The van der Waals surface area contributed by atoms with Crippen molar-refractivity contribution in [1.29, 1.82) is 0 Å². The first-order valence-electron chi connectivity index (χ1n) is 19.0. The number of benzene rings is 3. The van der Waals surface area contributed by atoms with Crippen molar-refractivity contribution in [2.24, 2.45) is 0 Å². The molecule has 276 valence electrons. The number of anilines is 2. The molecule has 3 aliphatic heterocycles. The fourth-order valence-corrected chi connectivity index (χ4v) is 7.82. The van der Waals surface area contributed by atoms with E-state index < -0.39 is 0 Å². The second kappa shape index (κ2) is 16.1. The molecule has 12 nitrogen and oxygen atoms in total. The molecule has 0 aliphatic carbocycles. The van der Waals surface area contributed by atoms with Crippen molar-refractivity contribution in [3.8, 4) is 34.6 Å². The van der Waals surface area contributed by atoms with Crippen molar-refractivity contribution >= 4 is 34.5 Å². The maximum absolute atomic E-state index is 12.1. The van der Waals surface area contributed by atoms with E-state index in [0.717, 1.165) is 110 Å². The first kappa shape index (κ1) is 35.3. The largest absolute Gasteiger partial charge is 0.457 e. The number of amides is 3. The predicted octanol–water partition coefficient (Wildman–Crippen LogP) is 6.25. The van der Waals surface area contributed by atoms with Crippen LogP contribution in [-0.2, 0) is 4.79 Å². The molecule has 5 aromatic rings. The maximum Gasteiger partial charge on any atom is 0.328 e. The lowest BCUT2D eigenvalue weighted by Gasteiger charge is -2.36. The van der Waals surface area contributed by atoms with Gasteiger partial charge in [-0.1, -0.05) is 30.0 Å². The summed E-state index contributed by atoms with van der Waals surface area (Å²) in [5, 5.41) is 8.28. The molecule has 3 aliphatic rings. The molecule has 1 atom stereocenters. The van der Waals surface area contributed by atoms with Crippen molar-refractivity contribution in [2.45, 2.75) is 57.0 Å². The highest BCUT2D eigenvalue weighted by atomic mass is 16.5. The minimum Gasteiger partial charge on any atom is -0.457 e. The number of hydrogen-bond acceptors (Lipinski definition) is 9. The Balaban J connectivity index is 0.800. The number of aromatic nitrogens is 4. The van der Waals surface area contributed by atoms with Gasteiger partial charge in [-0.05, 0) is 106 Å². The number of carbonyl (C=O) groups is 2. The van der Waals surface area contributed by atoms with Crippen LogP contribution in [0.1, 0.15) is 56.6 Å². The summed E-state index contributed by atoms with van der Waals surface area (Å²) in [4.78, 5) is 39.3. The van der Waals surface area contributed by atoms with Crippen molar-refractivity contribution in [1.82, 2.24) is 34.9 Å². The molecule has 54 heavy (non-hydrogen) atoms. The summed E-state index contributed by atoms with van der Waals surface area (Å²) in [6.45, 7) is 5.83. The van der Waals surface area contributed by atoms with Gasteiger partial charge in [0.1, 0.15) is 29.3 Å². The Morgan fingerprint density at radius 1 is 0.833 bits per heavy atom. The number of hydrogen-bond donors (Lipinski definition) is 2. The molecular weight excluding hydrogens is 679 g/mol. The van der Waals surface area contributed by atoms with Crippen LogP contribution in [0.25, 0.3) is 22.3 Å². The highest BCUT2D eigenvalue weighted by molar-refractivity contribution is 6.05. The number of nitrogens with two attached hydrogens (primary N) is 1. The summed E-state index contributed by atoms with van der Waals surface area (Å²) >= 11 is 0. The summed E-state index contributed by atoms with van der Waals surface area (Å²) in [5.41, 5.74) is 10.7. The van der Waals surface area contributed by atoms with Gasteiger partial charge < -0.3 is 15.4 Å². The zero-order chi connectivity index (χ0) is 36.9. The molecular formula is C42H45N9O3. The molecule has 1 unspecified atom stereocenters. The van der Waals surface area contributed by atoms with Gasteiger partial charge in [0, 0.05) is 61.9 Å². The molecule has 3 aromatic carbocycles. The molecule has 3 N–H and O–H groups in total. The molecule has 3 saturated heterocycles. The van der Waals surface area contributed by atoms with E-state index in [1.165, 1.54) is 12.7 Å². The van der Waals surface area contributed by atoms with Gasteiger partial charge >= 0.3 is 6.03 Å². The molecule has 2 aromatic heterocycles. The van der Waals surface area contributed by atoms with Gasteiger partial charge in [0.2, 0.25) is 5.91 Å². The highest BCUT2D eigenvalue weighted by Gasteiger charge is 2.32. The molecule has 0 spiro atoms. The summed E-state index contributed by atoms with van der Waals surface area (Å²) in [6, 6.07) is 25.8. The summed E-state index contributed by atoms with van der Waals surface area (Å²) in [5.74, 6) is 8.33. The normalized spacial score (nSPS) is 18.4. The van der Waals surface area contributed by atoms with Crippen LogP contribution in [0.2, 0.25) is 0 Å². The van der Waals surface area contributed by atoms with Crippen molar-refractivity contribution in [3.05, 3.63) is 90.8 Å². The quantitative estimate of drug-likeness (QED) is 0.127. The van der Waals surface area contributed by atoms with E-state index in [9.17, 15) is 9.59 Å². The molecule has 8 rings (SSSR count). The Labute approximate surface area is 315 Å². The minimum atomic E-state index is -0.371.